The first-order chi connectivity index (χ1) is 12.1. The molecule has 0 aliphatic rings. The van der Waals surface area contributed by atoms with Crippen molar-refractivity contribution in [3.63, 3.8) is 0 Å². The summed E-state index contributed by atoms with van der Waals surface area (Å²) < 4.78 is 11.1. The van der Waals surface area contributed by atoms with Gasteiger partial charge in [0.1, 0.15) is 10.8 Å². The van der Waals surface area contributed by atoms with Gasteiger partial charge in [0.25, 0.3) is 0 Å². The molecule has 0 unspecified atom stereocenters. The van der Waals surface area contributed by atoms with Gasteiger partial charge in [-0.2, -0.15) is 0 Å². The normalized spacial score (nSPS) is 10.9. The highest BCUT2D eigenvalue weighted by Gasteiger charge is 2.12. The maximum Gasteiger partial charge on any atom is 0.226 e. The molecule has 0 radical (unpaired) electrons. The summed E-state index contributed by atoms with van der Waals surface area (Å²) in [5, 5.41) is 5.71. The molecule has 0 saturated carbocycles. The number of carbonyl (C=O) groups is 1. The van der Waals surface area contributed by atoms with E-state index in [1.165, 1.54) is 11.3 Å². The molecule has 0 aliphatic heterocycles. The minimum atomic E-state index is -0.0144. The molecule has 2 rings (SSSR count). The molecule has 0 fully saturated rings. The third kappa shape index (κ3) is 6.48. The lowest BCUT2D eigenvalue weighted by molar-refractivity contribution is -0.120. The predicted molar refractivity (Wildman–Crippen MR) is 101 cm³/mol. The van der Waals surface area contributed by atoms with Gasteiger partial charge in [0, 0.05) is 18.5 Å². The second kappa shape index (κ2) is 10.2. The highest BCUT2D eigenvalue weighted by atomic mass is 32.1. The zero-order chi connectivity index (χ0) is 18.1. The molecule has 6 heteroatoms. The summed E-state index contributed by atoms with van der Waals surface area (Å²) in [6.45, 7) is 7.85. The topological polar surface area (TPSA) is 60.5 Å². The Morgan fingerprint density at radius 2 is 2.12 bits per heavy atom. The number of thiazole rings is 1. The Labute approximate surface area is 153 Å². The Bertz CT molecular complexity index is 670. The smallest absolute Gasteiger partial charge is 0.226 e. The number of para-hydroxylation sites is 1. The van der Waals surface area contributed by atoms with E-state index in [1.54, 1.807) is 0 Å². The van der Waals surface area contributed by atoms with Crippen LogP contribution in [0.15, 0.2) is 29.6 Å². The number of aromatic nitrogens is 1. The maximum atomic E-state index is 12.0. The molecule has 0 saturated heterocycles. The van der Waals surface area contributed by atoms with Crippen molar-refractivity contribution in [2.75, 3.05) is 19.8 Å². The molecule has 136 valence electrons. The SMILES string of the molecule is CCOc1ccccc1-c1nc(CC(=O)NCCCOC(C)C)cs1. The quantitative estimate of drug-likeness (QED) is 0.655. The summed E-state index contributed by atoms with van der Waals surface area (Å²) >= 11 is 1.53. The molecule has 0 aliphatic carbocycles. The fourth-order valence-electron chi connectivity index (χ4n) is 2.28. The van der Waals surface area contributed by atoms with E-state index in [9.17, 15) is 4.79 Å². The van der Waals surface area contributed by atoms with Crippen LogP contribution in [0.2, 0.25) is 0 Å². The van der Waals surface area contributed by atoms with E-state index < -0.39 is 0 Å². The fourth-order valence-corrected chi connectivity index (χ4v) is 3.13. The molecule has 2 aromatic rings. The molecule has 1 N–H and O–H groups in total. The Balaban J connectivity index is 1.86. The van der Waals surface area contributed by atoms with Crippen LogP contribution in [0.1, 0.15) is 32.9 Å². The van der Waals surface area contributed by atoms with Gasteiger partial charge in [0.2, 0.25) is 5.91 Å². The number of amides is 1. The highest BCUT2D eigenvalue weighted by Crippen LogP contribution is 2.32. The van der Waals surface area contributed by atoms with Crippen molar-refractivity contribution in [1.29, 1.82) is 0 Å². The lowest BCUT2D eigenvalue weighted by Crippen LogP contribution is -2.27. The fraction of sp³-hybridized carbons (Fsp3) is 0.474. The van der Waals surface area contributed by atoms with Gasteiger partial charge in [-0.25, -0.2) is 4.98 Å². The lowest BCUT2D eigenvalue weighted by Gasteiger charge is -2.08. The van der Waals surface area contributed by atoms with Gasteiger partial charge >= 0.3 is 0 Å². The first-order valence-electron chi connectivity index (χ1n) is 8.65. The van der Waals surface area contributed by atoms with Crippen LogP contribution in [0.3, 0.4) is 0 Å². The van der Waals surface area contributed by atoms with Gasteiger partial charge in [0.05, 0.1) is 30.4 Å². The van der Waals surface area contributed by atoms with Crippen molar-refractivity contribution in [2.45, 2.75) is 39.7 Å². The third-order valence-electron chi connectivity index (χ3n) is 3.41. The van der Waals surface area contributed by atoms with Gasteiger partial charge in [-0.05, 0) is 39.3 Å². The van der Waals surface area contributed by atoms with Crippen LogP contribution in [0.4, 0.5) is 0 Å². The second-order valence-electron chi connectivity index (χ2n) is 5.87. The standard InChI is InChI=1S/C19H26N2O3S/c1-4-23-17-9-6-5-8-16(17)19-21-15(13-25-19)12-18(22)20-10-7-11-24-14(2)3/h5-6,8-9,13-14H,4,7,10-12H2,1-3H3,(H,20,22). The van der Waals surface area contributed by atoms with Gasteiger partial charge < -0.3 is 14.8 Å². The van der Waals surface area contributed by atoms with Crippen molar-refractivity contribution in [3.05, 3.63) is 35.3 Å². The van der Waals surface area contributed by atoms with E-state index in [-0.39, 0.29) is 12.0 Å². The van der Waals surface area contributed by atoms with Crippen LogP contribution in [-0.2, 0) is 16.0 Å². The minimum Gasteiger partial charge on any atom is -0.493 e. The van der Waals surface area contributed by atoms with E-state index in [1.807, 2.05) is 50.4 Å². The number of nitrogens with zero attached hydrogens (tertiary/aromatic N) is 1. The number of nitrogens with one attached hydrogen (secondary N) is 1. The van der Waals surface area contributed by atoms with Crippen LogP contribution < -0.4 is 10.1 Å². The monoisotopic (exact) mass is 362 g/mol. The zero-order valence-corrected chi connectivity index (χ0v) is 15.9. The van der Waals surface area contributed by atoms with Gasteiger partial charge in [-0.3, -0.25) is 4.79 Å². The predicted octanol–water partition coefficient (Wildman–Crippen LogP) is 3.68. The van der Waals surface area contributed by atoms with Crippen molar-refractivity contribution in [3.8, 4) is 16.3 Å². The molecule has 0 atom stereocenters. The summed E-state index contributed by atoms with van der Waals surface area (Å²) in [7, 11) is 0. The molecule has 25 heavy (non-hydrogen) atoms. The second-order valence-corrected chi connectivity index (χ2v) is 6.73. The van der Waals surface area contributed by atoms with Crippen molar-refractivity contribution < 1.29 is 14.3 Å². The number of benzene rings is 1. The van der Waals surface area contributed by atoms with Gasteiger partial charge in [0.15, 0.2) is 0 Å². The Hall–Kier alpha value is -1.92. The van der Waals surface area contributed by atoms with Crippen LogP contribution in [-0.4, -0.2) is 36.8 Å². The van der Waals surface area contributed by atoms with E-state index in [0.717, 1.165) is 28.4 Å². The minimum absolute atomic E-state index is 0.0144. The van der Waals surface area contributed by atoms with Crippen molar-refractivity contribution in [1.82, 2.24) is 10.3 Å². The first kappa shape index (κ1) is 19.4. The molecular weight excluding hydrogens is 336 g/mol. The van der Waals surface area contributed by atoms with Crippen molar-refractivity contribution >= 4 is 17.2 Å². The summed E-state index contributed by atoms with van der Waals surface area (Å²) in [6, 6.07) is 7.83. The Morgan fingerprint density at radius 3 is 2.88 bits per heavy atom. The van der Waals surface area contributed by atoms with E-state index in [2.05, 4.69) is 10.3 Å². The van der Waals surface area contributed by atoms with E-state index >= 15 is 0 Å². The van der Waals surface area contributed by atoms with Crippen LogP contribution in [0, 0.1) is 0 Å². The number of hydrogen-bond donors (Lipinski definition) is 1. The molecule has 0 bridgehead atoms. The summed E-state index contributed by atoms with van der Waals surface area (Å²) in [4.78, 5) is 16.6. The highest BCUT2D eigenvalue weighted by molar-refractivity contribution is 7.13. The van der Waals surface area contributed by atoms with E-state index in [4.69, 9.17) is 9.47 Å². The first-order valence-corrected chi connectivity index (χ1v) is 9.53. The summed E-state index contributed by atoms with van der Waals surface area (Å²) in [5.41, 5.74) is 1.74. The number of hydrogen-bond acceptors (Lipinski definition) is 5. The van der Waals surface area contributed by atoms with Crippen LogP contribution in [0.25, 0.3) is 10.6 Å². The molecule has 0 spiro atoms. The number of carbonyl (C=O) groups excluding carboxylic acids is 1. The van der Waals surface area contributed by atoms with Crippen LogP contribution >= 0.6 is 11.3 Å². The summed E-state index contributed by atoms with van der Waals surface area (Å²) in [6.07, 6.45) is 1.33. The zero-order valence-electron chi connectivity index (χ0n) is 15.1. The summed E-state index contributed by atoms with van der Waals surface area (Å²) in [5.74, 6) is 0.806. The van der Waals surface area contributed by atoms with E-state index in [0.29, 0.717) is 26.2 Å². The molecule has 1 heterocycles. The van der Waals surface area contributed by atoms with Crippen molar-refractivity contribution in [2.24, 2.45) is 0 Å². The molecule has 1 aromatic heterocycles. The third-order valence-corrected chi connectivity index (χ3v) is 4.33. The number of rotatable bonds is 10. The van der Waals surface area contributed by atoms with Gasteiger partial charge in [-0.1, -0.05) is 12.1 Å². The largest absolute Gasteiger partial charge is 0.493 e. The Morgan fingerprint density at radius 1 is 1.32 bits per heavy atom. The average Bonchev–Trinajstić information content (AvgIpc) is 3.03. The van der Waals surface area contributed by atoms with Crippen LogP contribution in [0.5, 0.6) is 5.75 Å². The Kier molecular flexibility index (Phi) is 7.88. The van der Waals surface area contributed by atoms with Gasteiger partial charge in [-0.15, -0.1) is 11.3 Å². The number of ether oxygens (including phenoxy) is 2. The maximum absolute atomic E-state index is 12.0. The lowest BCUT2D eigenvalue weighted by atomic mass is 10.2. The molecular formula is C19H26N2O3S. The molecule has 1 amide bonds. The molecule has 1 aromatic carbocycles. The molecule has 5 nitrogen and oxygen atoms in total. The average molecular weight is 362 g/mol.